The summed E-state index contributed by atoms with van der Waals surface area (Å²) >= 11 is 0. The summed E-state index contributed by atoms with van der Waals surface area (Å²) < 4.78 is 5.12. The molecule has 94 valence electrons. The molecule has 0 atom stereocenters. The molecule has 0 aliphatic rings. The van der Waals surface area contributed by atoms with E-state index in [4.69, 9.17) is 4.42 Å². The Bertz CT molecular complexity index is 608. The number of aromatic amines is 1. The van der Waals surface area contributed by atoms with Crippen LogP contribution < -0.4 is 0 Å². The van der Waals surface area contributed by atoms with Gasteiger partial charge in [-0.3, -0.25) is 9.59 Å². The first-order chi connectivity index (χ1) is 8.58. The van der Waals surface area contributed by atoms with E-state index < -0.39 is 0 Å². The average molecular weight is 246 g/mol. The fourth-order valence-corrected chi connectivity index (χ4v) is 1.89. The molecule has 0 unspecified atom stereocenters. The van der Waals surface area contributed by atoms with Gasteiger partial charge < -0.3 is 9.40 Å². The van der Waals surface area contributed by atoms with Gasteiger partial charge in [-0.15, -0.1) is 0 Å². The van der Waals surface area contributed by atoms with Gasteiger partial charge in [-0.2, -0.15) is 0 Å². The predicted octanol–water partition coefficient (Wildman–Crippen LogP) is 2.69. The van der Waals surface area contributed by atoms with Crippen LogP contribution in [-0.2, 0) is 0 Å². The number of carbonyl (C=O) groups excluding carboxylic acids is 2. The number of hydrogen-bond acceptors (Lipinski definition) is 4. The van der Waals surface area contributed by atoms with Crippen LogP contribution in [0.25, 0.3) is 11.4 Å². The Balaban J connectivity index is 2.61. The maximum atomic E-state index is 11.8. The van der Waals surface area contributed by atoms with Gasteiger partial charge in [0.2, 0.25) is 0 Å². The molecule has 0 amide bonds. The fraction of sp³-hybridized carbons (Fsp3) is 0.308. The minimum Gasteiger partial charge on any atom is -0.449 e. The molecule has 5 nitrogen and oxygen atoms in total. The zero-order chi connectivity index (χ0) is 13.3. The largest absolute Gasteiger partial charge is 0.449 e. The van der Waals surface area contributed by atoms with Crippen molar-refractivity contribution in [3.8, 4) is 11.4 Å². The molecule has 2 aromatic rings. The Morgan fingerprint density at radius 3 is 2.72 bits per heavy atom. The number of rotatable bonds is 4. The van der Waals surface area contributed by atoms with Crippen molar-refractivity contribution in [2.24, 2.45) is 0 Å². The highest BCUT2D eigenvalue weighted by molar-refractivity contribution is 6.00. The van der Waals surface area contributed by atoms with Crippen molar-refractivity contribution in [2.45, 2.75) is 27.2 Å². The van der Waals surface area contributed by atoms with E-state index in [2.05, 4.69) is 9.97 Å². The minimum atomic E-state index is -0.0259. The highest BCUT2D eigenvalue weighted by Gasteiger charge is 2.20. The SMILES string of the molecule is CCC(=O)c1[nH]c(-c2coc(C)n2)c(C=O)c1C. The molecule has 0 saturated carbocycles. The van der Waals surface area contributed by atoms with E-state index in [-0.39, 0.29) is 5.78 Å². The second kappa shape index (κ2) is 4.60. The van der Waals surface area contributed by atoms with Crippen LogP contribution in [0.4, 0.5) is 0 Å². The summed E-state index contributed by atoms with van der Waals surface area (Å²) in [5, 5.41) is 0. The lowest BCUT2D eigenvalue weighted by Crippen LogP contribution is -1.99. The minimum absolute atomic E-state index is 0.0259. The van der Waals surface area contributed by atoms with Gasteiger partial charge in [0.15, 0.2) is 18.0 Å². The number of H-pyrrole nitrogens is 1. The number of ketones is 1. The van der Waals surface area contributed by atoms with E-state index in [1.54, 1.807) is 20.8 Å². The van der Waals surface area contributed by atoms with Gasteiger partial charge >= 0.3 is 0 Å². The van der Waals surface area contributed by atoms with Crippen LogP contribution in [0.2, 0.25) is 0 Å². The number of aldehydes is 1. The maximum Gasteiger partial charge on any atom is 0.191 e. The first-order valence-corrected chi connectivity index (χ1v) is 5.71. The summed E-state index contributed by atoms with van der Waals surface area (Å²) in [6.45, 7) is 5.25. The lowest BCUT2D eigenvalue weighted by Gasteiger charge is -1.94. The highest BCUT2D eigenvalue weighted by Crippen LogP contribution is 2.26. The Hall–Kier alpha value is -2.17. The molecule has 1 N–H and O–H groups in total. The molecule has 0 aromatic carbocycles. The van der Waals surface area contributed by atoms with Crippen molar-refractivity contribution >= 4 is 12.1 Å². The van der Waals surface area contributed by atoms with E-state index >= 15 is 0 Å². The summed E-state index contributed by atoms with van der Waals surface area (Å²) in [6, 6.07) is 0. The zero-order valence-electron chi connectivity index (χ0n) is 10.5. The first-order valence-electron chi connectivity index (χ1n) is 5.71. The molecule has 0 aliphatic heterocycles. The summed E-state index contributed by atoms with van der Waals surface area (Å²) in [4.78, 5) is 30.1. The van der Waals surface area contributed by atoms with E-state index in [0.29, 0.717) is 40.5 Å². The van der Waals surface area contributed by atoms with Gasteiger partial charge in [-0.1, -0.05) is 6.92 Å². The summed E-state index contributed by atoms with van der Waals surface area (Å²) in [6.07, 6.45) is 2.59. The van der Waals surface area contributed by atoms with Gasteiger partial charge in [0, 0.05) is 18.9 Å². The Morgan fingerprint density at radius 1 is 1.50 bits per heavy atom. The van der Waals surface area contributed by atoms with Crippen molar-refractivity contribution in [2.75, 3.05) is 0 Å². The van der Waals surface area contributed by atoms with Crippen LogP contribution in [0.3, 0.4) is 0 Å². The number of hydrogen-bond donors (Lipinski definition) is 1. The molecule has 2 aromatic heterocycles. The normalized spacial score (nSPS) is 10.6. The van der Waals surface area contributed by atoms with Crippen LogP contribution in [0.1, 0.15) is 45.6 Å². The number of aromatic nitrogens is 2. The number of Topliss-reactive ketones (excluding diaryl/α,β-unsaturated/α-hetero) is 1. The number of nitrogens with one attached hydrogen (secondary N) is 1. The topological polar surface area (TPSA) is 76.0 Å². The second-order valence-electron chi connectivity index (χ2n) is 4.06. The standard InChI is InChI=1S/C13H14N2O3/c1-4-11(17)12-7(2)9(5-16)13(15-12)10-6-18-8(3)14-10/h5-6,15H,4H2,1-3H3. The lowest BCUT2D eigenvalue weighted by atomic mass is 10.1. The summed E-state index contributed by atoms with van der Waals surface area (Å²) in [5.74, 6) is 0.486. The van der Waals surface area contributed by atoms with Crippen molar-refractivity contribution in [1.82, 2.24) is 9.97 Å². The monoisotopic (exact) mass is 246 g/mol. The Morgan fingerprint density at radius 2 is 2.22 bits per heavy atom. The predicted molar refractivity (Wildman–Crippen MR) is 65.8 cm³/mol. The molecule has 0 aliphatic carbocycles. The molecular formula is C13H14N2O3. The van der Waals surface area contributed by atoms with Gasteiger partial charge in [-0.25, -0.2) is 4.98 Å². The van der Waals surface area contributed by atoms with Crippen LogP contribution in [-0.4, -0.2) is 22.0 Å². The van der Waals surface area contributed by atoms with Crippen molar-refractivity contribution in [3.63, 3.8) is 0 Å². The molecule has 0 saturated heterocycles. The molecule has 0 spiro atoms. The van der Waals surface area contributed by atoms with E-state index in [9.17, 15) is 9.59 Å². The lowest BCUT2D eigenvalue weighted by molar-refractivity contribution is 0.0983. The smallest absolute Gasteiger partial charge is 0.191 e. The Kier molecular flexibility index (Phi) is 3.14. The third-order valence-electron chi connectivity index (χ3n) is 2.89. The maximum absolute atomic E-state index is 11.8. The van der Waals surface area contributed by atoms with E-state index in [1.807, 2.05) is 0 Å². The number of aryl methyl sites for hydroxylation is 1. The average Bonchev–Trinajstić information content (AvgIpc) is 2.92. The molecular weight excluding hydrogens is 232 g/mol. The third kappa shape index (κ3) is 1.88. The molecule has 18 heavy (non-hydrogen) atoms. The second-order valence-corrected chi connectivity index (χ2v) is 4.06. The number of carbonyl (C=O) groups is 2. The summed E-state index contributed by atoms with van der Waals surface area (Å²) in [5.41, 5.74) is 2.66. The van der Waals surface area contributed by atoms with Crippen LogP contribution in [0.5, 0.6) is 0 Å². The first kappa shape index (κ1) is 12.3. The Labute approximate surface area is 104 Å². The van der Waals surface area contributed by atoms with E-state index in [0.717, 1.165) is 6.29 Å². The van der Waals surface area contributed by atoms with Gasteiger partial charge in [-0.05, 0) is 12.5 Å². The number of nitrogens with zero attached hydrogens (tertiary/aromatic N) is 1. The quantitative estimate of drug-likeness (QED) is 0.664. The molecule has 2 rings (SSSR count). The molecule has 0 bridgehead atoms. The van der Waals surface area contributed by atoms with Crippen molar-refractivity contribution in [1.29, 1.82) is 0 Å². The van der Waals surface area contributed by atoms with Crippen LogP contribution in [0.15, 0.2) is 10.7 Å². The van der Waals surface area contributed by atoms with Gasteiger partial charge in [0.05, 0.1) is 11.4 Å². The molecule has 5 heteroatoms. The van der Waals surface area contributed by atoms with E-state index in [1.165, 1.54) is 6.26 Å². The van der Waals surface area contributed by atoms with Crippen molar-refractivity contribution < 1.29 is 14.0 Å². The van der Waals surface area contributed by atoms with Crippen molar-refractivity contribution in [3.05, 3.63) is 29.0 Å². The van der Waals surface area contributed by atoms with Crippen LogP contribution in [0, 0.1) is 13.8 Å². The highest BCUT2D eigenvalue weighted by atomic mass is 16.3. The zero-order valence-corrected chi connectivity index (χ0v) is 10.5. The summed E-state index contributed by atoms with van der Waals surface area (Å²) in [7, 11) is 0. The molecule has 0 fully saturated rings. The van der Waals surface area contributed by atoms with Gasteiger partial charge in [0.25, 0.3) is 0 Å². The third-order valence-corrected chi connectivity index (χ3v) is 2.89. The number of oxazole rings is 1. The van der Waals surface area contributed by atoms with Gasteiger partial charge in [0.1, 0.15) is 12.0 Å². The fourth-order valence-electron chi connectivity index (χ4n) is 1.89. The van der Waals surface area contributed by atoms with Crippen LogP contribution >= 0.6 is 0 Å². The molecule has 2 heterocycles. The molecule has 0 radical (unpaired) electrons.